The summed E-state index contributed by atoms with van der Waals surface area (Å²) in [5.41, 5.74) is 0.276. The predicted molar refractivity (Wildman–Crippen MR) is 93.3 cm³/mol. The number of hydrogen-bond acceptors (Lipinski definition) is 6. The van der Waals surface area contributed by atoms with Gasteiger partial charge < -0.3 is 14.2 Å². The van der Waals surface area contributed by atoms with Gasteiger partial charge in [0.1, 0.15) is 6.54 Å². The van der Waals surface area contributed by atoms with Crippen LogP contribution in [0, 0.1) is 0 Å². The van der Waals surface area contributed by atoms with E-state index in [9.17, 15) is 13.2 Å². The first-order chi connectivity index (χ1) is 11.9. The zero-order valence-electron chi connectivity index (χ0n) is 13.1. The van der Waals surface area contributed by atoms with Crippen molar-refractivity contribution in [3.63, 3.8) is 0 Å². The molecule has 0 amide bonds. The summed E-state index contributed by atoms with van der Waals surface area (Å²) in [6, 6.07) is 10.8. The molecular weight excluding hydrogens is 414 g/mol. The maximum atomic E-state index is 13.0. The molecule has 0 radical (unpaired) electrons. The molecule has 2 aromatic rings. The molecule has 1 aliphatic heterocycles. The van der Waals surface area contributed by atoms with E-state index in [0.29, 0.717) is 11.5 Å². The summed E-state index contributed by atoms with van der Waals surface area (Å²) < 4.78 is 42.9. The molecule has 0 atom stereocenters. The number of carbonyl (C=O) groups is 1. The molecule has 0 unspecified atom stereocenters. The lowest BCUT2D eigenvalue weighted by Gasteiger charge is -2.23. The van der Waals surface area contributed by atoms with Crippen LogP contribution >= 0.6 is 15.9 Å². The largest absolute Gasteiger partial charge is 0.468 e. The summed E-state index contributed by atoms with van der Waals surface area (Å²) in [4.78, 5) is 11.8. The number of sulfonamides is 1. The van der Waals surface area contributed by atoms with Gasteiger partial charge in [0.25, 0.3) is 10.0 Å². The molecule has 7 nitrogen and oxygen atoms in total. The van der Waals surface area contributed by atoms with Crippen molar-refractivity contribution in [2.45, 2.75) is 4.90 Å². The summed E-state index contributed by atoms with van der Waals surface area (Å²) in [6.07, 6.45) is 0. The van der Waals surface area contributed by atoms with Gasteiger partial charge in [0.2, 0.25) is 6.79 Å². The standard InChI is InChI=1S/C16H14BrNO6S/c1-22-16(19)9-18(12-4-7-14-15(8-12)24-10-23-14)25(20,21)13-5-2-11(17)3-6-13/h2-8H,9-10H2,1H3. The zero-order valence-corrected chi connectivity index (χ0v) is 15.5. The molecule has 25 heavy (non-hydrogen) atoms. The van der Waals surface area contributed by atoms with E-state index in [1.807, 2.05) is 0 Å². The third kappa shape index (κ3) is 3.57. The van der Waals surface area contributed by atoms with Gasteiger partial charge in [-0.1, -0.05) is 15.9 Å². The fourth-order valence-corrected chi connectivity index (χ4v) is 3.94. The number of hydrogen-bond donors (Lipinski definition) is 0. The van der Waals surface area contributed by atoms with Crippen LogP contribution in [-0.4, -0.2) is 34.8 Å². The fraction of sp³-hybridized carbons (Fsp3) is 0.188. The summed E-state index contributed by atoms with van der Waals surface area (Å²) in [7, 11) is -2.78. The molecule has 0 spiro atoms. The molecule has 1 heterocycles. The number of nitrogens with zero attached hydrogens (tertiary/aromatic N) is 1. The molecule has 9 heteroatoms. The Morgan fingerprint density at radius 2 is 1.84 bits per heavy atom. The van der Waals surface area contributed by atoms with Gasteiger partial charge in [-0.15, -0.1) is 0 Å². The van der Waals surface area contributed by atoms with E-state index in [-0.39, 0.29) is 17.4 Å². The van der Waals surface area contributed by atoms with Crippen LogP contribution in [0.2, 0.25) is 0 Å². The molecule has 1 aliphatic rings. The van der Waals surface area contributed by atoms with Gasteiger partial charge >= 0.3 is 5.97 Å². The Labute approximate surface area is 153 Å². The number of fused-ring (bicyclic) bond motifs is 1. The van der Waals surface area contributed by atoms with Crippen molar-refractivity contribution in [1.29, 1.82) is 0 Å². The molecule has 0 aliphatic carbocycles. The average Bonchev–Trinajstić information content (AvgIpc) is 3.07. The van der Waals surface area contributed by atoms with Crippen molar-refractivity contribution in [2.75, 3.05) is 24.8 Å². The minimum atomic E-state index is -3.98. The lowest BCUT2D eigenvalue weighted by molar-refractivity contribution is -0.138. The predicted octanol–water partition coefficient (Wildman–Crippen LogP) is 2.55. The van der Waals surface area contributed by atoms with Crippen LogP contribution in [-0.2, 0) is 19.6 Å². The Kier molecular flexibility index (Phi) is 4.87. The minimum absolute atomic E-state index is 0.0530. The Morgan fingerprint density at radius 1 is 1.16 bits per heavy atom. The van der Waals surface area contributed by atoms with E-state index in [1.165, 1.54) is 25.3 Å². The Balaban J connectivity index is 2.05. The molecule has 132 valence electrons. The maximum absolute atomic E-state index is 13.0. The van der Waals surface area contributed by atoms with E-state index >= 15 is 0 Å². The van der Waals surface area contributed by atoms with Crippen LogP contribution < -0.4 is 13.8 Å². The molecule has 0 fully saturated rings. The fourth-order valence-electron chi connectivity index (χ4n) is 2.27. The number of benzene rings is 2. The second-order valence-corrected chi connectivity index (χ2v) is 7.86. The van der Waals surface area contributed by atoms with Gasteiger partial charge in [-0.05, 0) is 36.4 Å². The lowest BCUT2D eigenvalue weighted by atomic mass is 10.3. The van der Waals surface area contributed by atoms with E-state index in [1.54, 1.807) is 24.3 Å². The second kappa shape index (κ2) is 6.93. The lowest BCUT2D eigenvalue weighted by Crippen LogP contribution is -2.36. The quantitative estimate of drug-likeness (QED) is 0.681. The van der Waals surface area contributed by atoms with E-state index < -0.39 is 22.5 Å². The van der Waals surface area contributed by atoms with Gasteiger partial charge in [-0.2, -0.15) is 0 Å². The zero-order chi connectivity index (χ0) is 18.0. The molecule has 2 aromatic carbocycles. The summed E-state index contributed by atoms with van der Waals surface area (Å²) >= 11 is 3.27. The Morgan fingerprint density at radius 3 is 2.52 bits per heavy atom. The van der Waals surface area contributed by atoms with Crippen LogP contribution in [0.3, 0.4) is 0 Å². The van der Waals surface area contributed by atoms with Crippen LogP contribution in [0.5, 0.6) is 11.5 Å². The van der Waals surface area contributed by atoms with Gasteiger partial charge in [-0.3, -0.25) is 9.10 Å². The van der Waals surface area contributed by atoms with E-state index in [4.69, 9.17) is 9.47 Å². The summed E-state index contributed by atoms with van der Waals surface area (Å²) in [5.74, 6) is 0.250. The number of ether oxygens (including phenoxy) is 3. The Hall–Kier alpha value is -2.26. The molecule has 0 saturated carbocycles. The number of rotatable bonds is 5. The topological polar surface area (TPSA) is 82.1 Å². The highest BCUT2D eigenvalue weighted by Gasteiger charge is 2.29. The maximum Gasteiger partial charge on any atom is 0.326 e. The van der Waals surface area contributed by atoms with Crippen molar-refractivity contribution < 1.29 is 27.4 Å². The van der Waals surface area contributed by atoms with Crippen molar-refractivity contribution in [1.82, 2.24) is 0 Å². The van der Waals surface area contributed by atoms with Crippen molar-refractivity contribution >= 4 is 37.6 Å². The highest BCUT2D eigenvalue weighted by atomic mass is 79.9. The van der Waals surface area contributed by atoms with Crippen LogP contribution in [0.25, 0.3) is 0 Å². The van der Waals surface area contributed by atoms with E-state index in [0.717, 1.165) is 8.78 Å². The minimum Gasteiger partial charge on any atom is -0.468 e. The van der Waals surface area contributed by atoms with Gasteiger partial charge in [0.05, 0.1) is 17.7 Å². The monoisotopic (exact) mass is 427 g/mol. The first kappa shape index (κ1) is 17.6. The molecule has 0 bridgehead atoms. The van der Waals surface area contributed by atoms with Gasteiger partial charge in [0, 0.05) is 10.5 Å². The smallest absolute Gasteiger partial charge is 0.326 e. The number of methoxy groups -OCH3 is 1. The number of anilines is 1. The van der Waals surface area contributed by atoms with Gasteiger partial charge in [-0.25, -0.2) is 8.42 Å². The number of halogens is 1. The number of esters is 1. The molecule has 3 rings (SSSR count). The third-order valence-corrected chi connectivity index (χ3v) is 5.86. The first-order valence-corrected chi connectivity index (χ1v) is 9.40. The molecular formula is C16H14BrNO6S. The van der Waals surface area contributed by atoms with E-state index in [2.05, 4.69) is 20.7 Å². The normalized spacial score (nSPS) is 12.7. The number of carbonyl (C=O) groups excluding carboxylic acids is 1. The van der Waals surface area contributed by atoms with Crippen LogP contribution in [0.15, 0.2) is 51.8 Å². The van der Waals surface area contributed by atoms with Gasteiger partial charge in [0.15, 0.2) is 11.5 Å². The molecule has 0 aromatic heterocycles. The highest BCUT2D eigenvalue weighted by Crippen LogP contribution is 2.37. The second-order valence-electron chi connectivity index (χ2n) is 5.08. The van der Waals surface area contributed by atoms with Crippen LogP contribution in [0.4, 0.5) is 5.69 Å². The third-order valence-electron chi connectivity index (χ3n) is 3.55. The van der Waals surface area contributed by atoms with Crippen LogP contribution in [0.1, 0.15) is 0 Å². The molecule has 0 saturated heterocycles. The van der Waals surface area contributed by atoms with Crippen molar-refractivity contribution in [3.8, 4) is 11.5 Å². The van der Waals surface area contributed by atoms with Crippen molar-refractivity contribution in [3.05, 3.63) is 46.9 Å². The SMILES string of the molecule is COC(=O)CN(c1ccc2c(c1)OCO2)S(=O)(=O)c1ccc(Br)cc1. The molecule has 0 N–H and O–H groups in total. The first-order valence-electron chi connectivity index (χ1n) is 7.16. The highest BCUT2D eigenvalue weighted by molar-refractivity contribution is 9.10. The average molecular weight is 428 g/mol. The Bertz CT molecular complexity index is 897. The summed E-state index contributed by atoms with van der Waals surface area (Å²) in [5, 5.41) is 0. The summed E-state index contributed by atoms with van der Waals surface area (Å²) in [6.45, 7) is -0.399. The van der Waals surface area contributed by atoms with Crippen molar-refractivity contribution in [2.24, 2.45) is 0 Å².